The number of aromatic nitrogens is 3. The van der Waals surface area contributed by atoms with Gasteiger partial charge in [0, 0.05) is 12.5 Å². The van der Waals surface area contributed by atoms with Crippen molar-refractivity contribution in [1.82, 2.24) is 15.2 Å². The molecule has 0 unspecified atom stereocenters. The number of hydrogen-bond donors (Lipinski definition) is 2. The van der Waals surface area contributed by atoms with Crippen LogP contribution < -0.4 is 10.1 Å². The predicted molar refractivity (Wildman–Crippen MR) is 83.1 cm³/mol. The number of amides is 1. The highest BCUT2D eigenvalue weighted by molar-refractivity contribution is 7.12. The van der Waals surface area contributed by atoms with Crippen molar-refractivity contribution in [3.8, 4) is 0 Å². The molecule has 1 amide bonds. The zero-order chi connectivity index (χ0) is 15.5. The number of anilines is 1. The summed E-state index contributed by atoms with van der Waals surface area (Å²) < 4.78 is 4.75. The summed E-state index contributed by atoms with van der Waals surface area (Å²) in [4.78, 5) is 28.6. The van der Waals surface area contributed by atoms with E-state index in [1.54, 1.807) is 24.3 Å². The Morgan fingerprint density at radius 2 is 2.23 bits per heavy atom. The van der Waals surface area contributed by atoms with E-state index in [9.17, 15) is 9.59 Å². The van der Waals surface area contributed by atoms with Crippen molar-refractivity contribution < 1.29 is 9.53 Å². The number of H-pyrrole nitrogens is 1. The summed E-state index contributed by atoms with van der Waals surface area (Å²) in [5.74, 6) is 0.227. The first-order valence-corrected chi connectivity index (χ1v) is 7.23. The van der Waals surface area contributed by atoms with E-state index in [0.29, 0.717) is 16.1 Å². The van der Waals surface area contributed by atoms with Crippen LogP contribution in [0.4, 0.5) is 5.95 Å². The SMILES string of the molecule is COCc1nc(NC(=O)c2cc3ccccc3c(=O)s2)n[nH]1. The average Bonchev–Trinajstić information content (AvgIpc) is 2.95. The second-order valence-corrected chi connectivity index (χ2v) is 5.49. The fraction of sp³-hybridized carbons (Fsp3) is 0.143. The molecule has 3 aromatic rings. The minimum Gasteiger partial charge on any atom is -0.377 e. The Kier molecular flexibility index (Phi) is 3.94. The lowest BCUT2D eigenvalue weighted by molar-refractivity contribution is 0.102. The van der Waals surface area contributed by atoms with Crippen molar-refractivity contribution in [2.45, 2.75) is 6.61 Å². The van der Waals surface area contributed by atoms with Crippen molar-refractivity contribution in [3.05, 3.63) is 50.6 Å². The van der Waals surface area contributed by atoms with Gasteiger partial charge >= 0.3 is 0 Å². The molecule has 0 radical (unpaired) electrons. The van der Waals surface area contributed by atoms with E-state index in [1.807, 2.05) is 6.07 Å². The Morgan fingerprint density at radius 1 is 1.41 bits per heavy atom. The van der Waals surface area contributed by atoms with E-state index < -0.39 is 5.91 Å². The summed E-state index contributed by atoms with van der Waals surface area (Å²) >= 11 is 0.893. The summed E-state index contributed by atoms with van der Waals surface area (Å²) in [7, 11) is 1.54. The van der Waals surface area contributed by atoms with Crippen LogP contribution in [0, 0.1) is 0 Å². The normalized spacial score (nSPS) is 10.8. The lowest BCUT2D eigenvalue weighted by Gasteiger charge is -2.01. The minimum absolute atomic E-state index is 0.143. The van der Waals surface area contributed by atoms with Crippen LogP contribution in [0.3, 0.4) is 0 Å². The van der Waals surface area contributed by atoms with Crippen LogP contribution in [-0.2, 0) is 11.3 Å². The van der Waals surface area contributed by atoms with Crippen LogP contribution in [-0.4, -0.2) is 28.2 Å². The number of rotatable bonds is 4. The maximum Gasteiger partial charge on any atom is 0.268 e. The monoisotopic (exact) mass is 316 g/mol. The Labute approximate surface area is 129 Å². The van der Waals surface area contributed by atoms with Crippen molar-refractivity contribution in [3.63, 3.8) is 0 Å². The van der Waals surface area contributed by atoms with Crippen molar-refractivity contribution >= 4 is 34.0 Å². The molecule has 0 aliphatic carbocycles. The molecule has 0 saturated carbocycles. The predicted octanol–water partition coefficient (Wildman–Crippen LogP) is 1.78. The van der Waals surface area contributed by atoms with Gasteiger partial charge in [-0.3, -0.25) is 20.0 Å². The second kappa shape index (κ2) is 6.04. The molecule has 1 aromatic carbocycles. The maximum absolute atomic E-state index is 12.2. The van der Waals surface area contributed by atoms with Crippen LogP contribution in [0.5, 0.6) is 0 Å². The molecule has 0 spiro atoms. The molecule has 22 heavy (non-hydrogen) atoms. The Balaban J connectivity index is 1.86. The third-order valence-electron chi connectivity index (χ3n) is 2.93. The fourth-order valence-electron chi connectivity index (χ4n) is 1.96. The zero-order valence-electron chi connectivity index (χ0n) is 11.6. The maximum atomic E-state index is 12.2. The molecule has 0 aliphatic heterocycles. The molecule has 2 heterocycles. The average molecular weight is 316 g/mol. The lowest BCUT2D eigenvalue weighted by Crippen LogP contribution is -2.13. The molecule has 112 valence electrons. The van der Waals surface area contributed by atoms with E-state index in [4.69, 9.17) is 4.74 Å². The number of carbonyl (C=O) groups excluding carboxylic acids is 1. The van der Waals surface area contributed by atoms with Crippen LogP contribution in [0.1, 0.15) is 15.5 Å². The quantitative estimate of drug-likeness (QED) is 0.764. The van der Waals surface area contributed by atoms with Gasteiger partial charge in [0.1, 0.15) is 6.61 Å². The molecular weight excluding hydrogens is 304 g/mol. The van der Waals surface area contributed by atoms with Gasteiger partial charge in [-0.25, -0.2) is 0 Å². The van der Waals surface area contributed by atoms with Gasteiger partial charge in [-0.1, -0.05) is 29.5 Å². The van der Waals surface area contributed by atoms with E-state index in [2.05, 4.69) is 20.5 Å². The van der Waals surface area contributed by atoms with Gasteiger partial charge in [-0.15, -0.1) is 5.10 Å². The first kappa shape index (κ1) is 14.4. The molecular formula is C14H12N4O3S. The number of hydrogen-bond acceptors (Lipinski definition) is 6. The number of nitrogens with zero attached hydrogens (tertiary/aromatic N) is 2. The van der Waals surface area contributed by atoms with Gasteiger partial charge in [0.25, 0.3) is 5.91 Å². The van der Waals surface area contributed by atoms with Gasteiger partial charge in [0.05, 0.1) is 4.88 Å². The molecule has 7 nitrogen and oxygen atoms in total. The standard InChI is InChI=1S/C14H12N4O3S/c1-21-7-11-15-14(18-17-11)16-12(19)10-6-8-4-2-3-5-9(8)13(20)22-10/h2-6H,7H2,1H3,(H2,15,16,17,18,19). The molecule has 0 saturated heterocycles. The molecule has 0 atom stereocenters. The summed E-state index contributed by atoms with van der Waals surface area (Å²) in [5, 5.41) is 10.4. The zero-order valence-corrected chi connectivity index (χ0v) is 12.4. The van der Waals surface area contributed by atoms with E-state index in [-0.39, 0.29) is 17.3 Å². The van der Waals surface area contributed by atoms with Crippen molar-refractivity contribution in [2.24, 2.45) is 0 Å². The second-order valence-electron chi connectivity index (χ2n) is 4.48. The van der Waals surface area contributed by atoms with E-state index >= 15 is 0 Å². The van der Waals surface area contributed by atoms with Gasteiger partial charge < -0.3 is 4.74 Å². The number of carbonyl (C=O) groups is 1. The number of nitrogens with one attached hydrogen (secondary N) is 2. The summed E-state index contributed by atoms with van der Waals surface area (Å²) in [5.41, 5.74) is 0. The molecule has 2 N–H and O–H groups in total. The Bertz CT molecular complexity index is 887. The smallest absolute Gasteiger partial charge is 0.268 e. The third kappa shape index (κ3) is 2.87. The minimum atomic E-state index is -0.421. The van der Waals surface area contributed by atoms with E-state index in [0.717, 1.165) is 16.7 Å². The van der Waals surface area contributed by atoms with Crippen LogP contribution in [0.15, 0.2) is 35.1 Å². The van der Waals surface area contributed by atoms with Crippen molar-refractivity contribution in [2.75, 3.05) is 12.4 Å². The lowest BCUT2D eigenvalue weighted by atomic mass is 10.2. The van der Waals surface area contributed by atoms with E-state index in [1.165, 1.54) is 7.11 Å². The summed E-state index contributed by atoms with van der Waals surface area (Å²) in [6.45, 7) is 0.270. The van der Waals surface area contributed by atoms with Crippen LogP contribution >= 0.6 is 11.3 Å². The molecule has 2 aromatic heterocycles. The molecule has 0 bridgehead atoms. The highest BCUT2D eigenvalue weighted by Crippen LogP contribution is 2.16. The molecule has 0 fully saturated rings. The first-order valence-electron chi connectivity index (χ1n) is 6.42. The first-order chi connectivity index (χ1) is 10.7. The molecule has 3 rings (SSSR count). The number of methoxy groups -OCH3 is 1. The van der Waals surface area contributed by atoms with Gasteiger partial charge in [0.2, 0.25) is 10.7 Å². The highest BCUT2D eigenvalue weighted by atomic mass is 32.1. The number of ether oxygens (including phenoxy) is 1. The largest absolute Gasteiger partial charge is 0.377 e. The third-order valence-corrected chi connectivity index (χ3v) is 3.86. The van der Waals surface area contributed by atoms with Crippen molar-refractivity contribution in [1.29, 1.82) is 0 Å². The molecule has 0 aliphatic rings. The highest BCUT2D eigenvalue weighted by Gasteiger charge is 2.13. The van der Waals surface area contributed by atoms with Gasteiger partial charge in [-0.2, -0.15) is 4.98 Å². The molecule has 8 heteroatoms. The summed E-state index contributed by atoms with van der Waals surface area (Å²) in [6, 6.07) is 8.83. The number of aromatic amines is 1. The Morgan fingerprint density at radius 3 is 3.05 bits per heavy atom. The number of fused-ring (bicyclic) bond motifs is 1. The fourth-order valence-corrected chi connectivity index (χ4v) is 2.79. The Hall–Kier alpha value is -2.58. The van der Waals surface area contributed by atoms with Crippen LogP contribution in [0.2, 0.25) is 0 Å². The number of benzene rings is 1. The van der Waals surface area contributed by atoms with Crippen LogP contribution in [0.25, 0.3) is 10.8 Å². The van der Waals surface area contributed by atoms with Gasteiger partial charge in [0.15, 0.2) is 5.82 Å². The summed E-state index contributed by atoms with van der Waals surface area (Å²) in [6.07, 6.45) is 0. The topological polar surface area (TPSA) is 97.0 Å². The van der Waals surface area contributed by atoms with Gasteiger partial charge in [-0.05, 0) is 17.5 Å².